The number of nitrogens with zero attached hydrogens (tertiary/aromatic N) is 4. The number of imidazole rings is 1. The number of amides is 1. The van der Waals surface area contributed by atoms with Crippen molar-refractivity contribution in [2.75, 3.05) is 6.54 Å². The molecule has 9 heteroatoms. The molecule has 6 rings (SSSR count). The predicted octanol–water partition coefficient (Wildman–Crippen LogP) is 3.87. The molecule has 1 saturated heterocycles. The first-order valence-corrected chi connectivity index (χ1v) is 11.5. The van der Waals surface area contributed by atoms with Gasteiger partial charge in [-0.25, -0.2) is 9.36 Å². The molecular weight excluding hydrogens is 448 g/mol. The van der Waals surface area contributed by atoms with E-state index in [-0.39, 0.29) is 29.6 Å². The highest BCUT2D eigenvalue weighted by Crippen LogP contribution is 2.49. The lowest BCUT2D eigenvalue weighted by Crippen LogP contribution is -2.37. The minimum atomic E-state index is -0.465. The lowest BCUT2D eigenvalue weighted by molar-refractivity contribution is -0.383. The number of non-ortho nitro benzene ring substituents is 1. The molecule has 2 bridgehead atoms. The van der Waals surface area contributed by atoms with E-state index in [9.17, 15) is 24.8 Å². The van der Waals surface area contributed by atoms with Gasteiger partial charge in [0.25, 0.3) is 5.69 Å². The van der Waals surface area contributed by atoms with E-state index in [2.05, 4.69) is 0 Å². The first kappa shape index (κ1) is 21.2. The summed E-state index contributed by atoms with van der Waals surface area (Å²) in [5, 5.41) is 23.6. The van der Waals surface area contributed by atoms with Crippen LogP contribution in [-0.2, 0) is 11.2 Å². The number of nitro groups is 1. The zero-order valence-corrected chi connectivity index (χ0v) is 18.7. The van der Waals surface area contributed by atoms with Crippen molar-refractivity contribution in [2.24, 2.45) is 0 Å². The summed E-state index contributed by atoms with van der Waals surface area (Å²) in [4.78, 5) is 39.3. The number of likely N-dealkylation sites (tertiary alicyclic amines) is 1. The number of carbonyl (C=O) groups excluding carboxylic acids is 1. The molecule has 2 aliphatic rings. The summed E-state index contributed by atoms with van der Waals surface area (Å²) in [7, 11) is 0. The Labute approximate surface area is 199 Å². The molecule has 1 amide bonds. The van der Waals surface area contributed by atoms with Crippen molar-refractivity contribution in [1.29, 1.82) is 0 Å². The number of hydrogen-bond acceptors (Lipinski definition) is 5. The van der Waals surface area contributed by atoms with Crippen molar-refractivity contribution in [3.63, 3.8) is 0 Å². The predicted molar refractivity (Wildman–Crippen MR) is 129 cm³/mol. The van der Waals surface area contributed by atoms with E-state index in [1.54, 1.807) is 33.7 Å². The molecule has 4 aromatic rings. The van der Waals surface area contributed by atoms with Gasteiger partial charge in [0, 0.05) is 24.4 Å². The fourth-order valence-corrected chi connectivity index (χ4v) is 5.60. The quantitative estimate of drug-likeness (QED) is 0.352. The number of benzene rings is 3. The SMILES string of the molecule is O=C(CCc1ccccc1)N1C[C@@H]2C[C@H]1c1c(O)n(-c3ccc([N+](=O)[O-])c4ccccc34)c(=O)n12. The Hall–Kier alpha value is -4.40. The lowest BCUT2D eigenvalue weighted by Gasteiger charge is -2.27. The summed E-state index contributed by atoms with van der Waals surface area (Å²) < 4.78 is 2.79. The van der Waals surface area contributed by atoms with Crippen LogP contribution >= 0.6 is 0 Å². The van der Waals surface area contributed by atoms with Crippen molar-refractivity contribution in [2.45, 2.75) is 31.3 Å². The van der Waals surface area contributed by atoms with E-state index in [0.717, 1.165) is 5.56 Å². The van der Waals surface area contributed by atoms with Gasteiger partial charge in [0.1, 0.15) is 5.69 Å². The van der Waals surface area contributed by atoms with Gasteiger partial charge in [0.15, 0.2) is 0 Å². The molecular formula is C26H22N4O5. The van der Waals surface area contributed by atoms with Crippen molar-refractivity contribution in [1.82, 2.24) is 14.0 Å². The number of rotatable bonds is 5. The minimum absolute atomic E-state index is 0.00649. The standard InChI is InChI=1S/C26H22N4O5/c31-23(13-10-16-6-2-1-3-7-16)27-15-17-14-22(27)24-25(32)29(26(33)28(17)24)20-11-12-21(30(34)35)19-9-5-4-8-18(19)20/h1-9,11-12,17,22,32H,10,13-15H2/t17-,22-/m0/s1. The Kier molecular flexibility index (Phi) is 4.73. The molecule has 3 heterocycles. The molecule has 2 atom stereocenters. The third-order valence-electron chi connectivity index (χ3n) is 7.16. The number of hydrogen-bond donors (Lipinski definition) is 1. The second kappa shape index (κ2) is 7.83. The van der Waals surface area contributed by atoms with Crippen LogP contribution in [0.25, 0.3) is 16.5 Å². The zero-order chi connectivity index (χ0) is 24.3. The van der Waals surface area contributed by atoms with Gasteiger partial charge in [-0.2, -0.15) is 0 Å². The zero-order valence-electron chi connectivity index (χ0n) is 18.7. The van der Waals surface area contributed by atoms with Crippen LogP contribution in [0.3, 0.4) is 0 Å². The van der Waals surface area contributed by atoms with Crippen LogP contribution in [-0.4, -0.2) is 36.5 Å². The monoisotopic (exact) mass is 470 g/mol. The fourth-order valence-electron chi connectivity index (χ4n) is 5.60. The van der Waals surface area contributed by atoms with Gasteiger partial charge in [-0.15, -0.1) is 0 Å². The van der Waals surface area contributed by atoms with E-state index < -0.39 is 10.6 Å². The number of carbonyl (C=O) groups is 1. The Balaban J connectivity index is 1.37. The summed E-state index contributed by atoms with van der Waals surface area (Å²) in [5.41, 5.74) is 1.42. The Morgan fingerprint density at radius 1 is 1.03 bits per heavy atom. The smallest absolute Gasteiger partial charge is 0.336 e. The average Bonchev–Trinajstić information content (AvgIpc) is 3.54. The van der Waals surface area contributed by atoms with Crippen molar-refractivity contribution in [3.8, 4) is 11.6 Å². The summed E-state index contributed by atoms with van der Waals surface area (Å²) in [6.07, 6.45) is 1.57. The van der Waals surface area contributed by atoms with Crippen LogP contribution < -0.4 is 5.69 Å². The summed E-state index contributed by atoms with van der Waals surface area (Å²) in [5.74, 6) is -0.227. The maximum absolute atomic E-state index is 13.5. The molecule has 1 fully saturated rings. The second-order valence-corrected chi connectivity index (χ2v) is 9.04. The topological polar surface area (TPSA) is 111 Å². The second-order valence-electron chi connectivity index (χ2n) is 9.04. The molecule has 1 aromatic heterocycles. The molecule has 0 saturated carbocycles. The molecule has 0 unspecified atom stereocenters. The van der Waals surface area contributed by atoms with Crippen LogP contribution in [0.4, 0.5) is 5.69 Å². The molecule has 0 spiro atoms. The maximum Gasteiger partial charge on any atom is 0.336 e. The molecule has 0 radical (unpaired) electrons. The summed E-state index contributed by atoms with van der Waals surface area (Å²) in [6.45, 7) is 0.426. The van der Waals surface area contributed by atoms with Crippen LogP contribution in [0.2, 0.25) is 0 Å². The minimum Gasteiger partial charge on any atom is -0.493 e. The first-order chi connectivity index (χ1) is 17.0. The number of aryl methyl sites for hydroxylation is 1. The van der Waals surface area contributed by atoms with E-state index in [0.29, 0.717) is 48.0 Å². The summed E-state index contributed by atoms with van der Waals surface area (Å²) in [6, 6.07) is 18.8. The lowest BCUT2D eigenvalue weighted by atomic mass is 10.1. The highest BCUT2D eigenvalue weighted by Gasteiger charge is 2.49. The van der Waals surface area contributed by atoms with E-state index in [1.165, 1.54) is 16.7 Å². The number of nitro benzene ring substituents is 1. The molecule has 2 aliphatic heterocycles. The van der Waals surface area contributed by atoms with Gasteiger partial charge in [0.05, 0.1) is 28.1 Å². The molecule has 176 valence electrons. The van der Waals surface area contributed by atoms with Gasteiger partial charge in [-0.3, -0.25) is 19.5 Å². The van der Waals surface area contributed by atoms with E-state index >= 15 is 0 Å². The van der Waals surface area contributed by atoms with Crippen LogP contribution in [0.1, 0.15) is 36.2 Å². The third kappa shape index (κ3) is 3.15. The first-order valence-electron chi connectivity index (χ1n) is 11.5. The van der Waals surface area contributed by atoms with Crippen molar-refractivity contribution >= 4 is 22.4 Å². The molecule has 9 nitrogen and oxygen atoms in total. The highest BCUT2D eigenvalue weighted by molar-refractivity contribution is 5.97. The fraction of sp³-hybridized carbons (Fsp3) is 0.231. The van der Waals surface area contributed by atoms with Crippen LogP contribution in [0, 0.1) is 10.1 Å². The van der Waals surface area contributed by atoms with Crippen molar-refractivity contribution < 1.29 is 14.8 Å². The number of aromatic hydroxyl groups is 1. The van der Waals surface area contributed by atoms with Crippen LogP contribution in [0.5, 0.6) is 5.88 Å². The van der Waals surface area contributed by atoms with Gasteiger partial charge < -0.3 is 10.0 Å². The largest absolute Gasteiger partial charge is 0.493 e. The van der Waals surface area contributed by atoms with E-state index in [1.807, 2.05) is 30.3 Å². The van der Waals surface area contributed by atoms with Gasteiger partial charge in [-0.05, 0) is 30.5 Å². The Morgan fingerprint density at radius 2 is 1.74 bits per heavy atom. The Bertz CT molecular complexity index is 1560. The average molecular weight is 470 g/mol. The van der Waals surface area contributed by atoms with Gasteiger partial charge in [-0.1, -0.05) is 48.5 Å². The van der Waals surface area contributed by atoms with Gasteiger partial charge in [0.2, 0.25) is 11.8 Å². The molecule has 35 heavy (non-hydrogen) atoms. The third-order valence-corrected chi connectivity index (χ3v) is 7.16. The van der Waals surface area contributed by atoms with Crippen molar-refractivity contribution in [3.05, 3.63) is 98.6 Å². The van der Waals surface area contributed by atoms with Crippen LogP contribution in [0.15, 0.2) is 71.5 Å². The van der Waals surface area contributed by atoms with E-state index in [4.69, 9.17) is 0 Å². The maximum atomic E-state index is 13.5. The summed E-state index contributed by atoms with van der Waals surface area (Å²) >= 11 is 0. The highest BCUT2D eigenvalue weighted by atomic mass is 16.6. The molecule has 3 aromatic carbocycles. The molecule has 1 N–H and O–H groups in total. The number of fused-ring (bicyclic) bond motifs is 6. The Morgan fingerprint density at radius 3 is 2.49 bits per heavy atom. The molecule has 0 aliphatic carbocycles. The number of aromatic nitrogens is 2. The van der Waals surface area contributed by atoms with Gasteiger partial charge >= 0.3 is 5.69 Å². The normalized spacial score (nSPS) is 18.2.